The van der Waals surface area contributed by atoms with Crippen molar-refractivity contribution in [1.82, 2.24) is 0 Å². The Bertz CT molecular complexity index is 294. The zero-order valence-corrected chi connectivity index (χ0v) is 8.24. The summed E-state index contributed by atoms with van der Waals surface area (Å²) in [5, 5.41) is 0.0650. The standard InChI is InChI=1S/C8H9Cl2FN2/c9-5-1-4(7(13)3-12)2-6(11)8(5)10/h1-2,7H,3,12-13H2/t7-/m0/s1. The van der Waals surface area contributed by atoms with Gasteiger partial charge < -0.3 is 11.5 Å². The number of hydrogen-bond donors (Lipinski definition) is 2. The first-order chi connectivity index (χ1) is 6.06. The molecule has 2 nitrogen and oxygen atoms in total. The molecule has 0 aliphatic rings. The van der Waals surface area contributed by atoms with Crippen LogP contribution < -0.4 is 11.5 Å². The van der Waals surface area contributed by atoms with Crippen molar-refractivity contribution < 1.29 is 4.39 Å². The molecule has 0 saturated carbocycles. The largest absolute Gasteiger partial charge is 0.329 e. The summed E-state index contributed by atoms with van der Waals surface area (Å²) in [5.41, 5.74) is 11.5. The fraction of sp³-hybridized carbons (Fsp3) is 0.250. The molecule has 5 heteroatoms. The van der Waals surface area contributed by atoms with Gasteiger partial charge in [0, 0.05) is 12.6 Å². The van der Waals surface area contributed by atoms with E-state index in [0.29, 0.717) is 5.56 Å². The van der Waals surface area contributed by atoms with Crippen LogP contribution in [0.3, 0.4) is 0 Å². The normalized spacial score (nSPS) is 13.0. The van der Waals surface area contributed by atoms with Gasteiger partial charge in [-0.1, -0.05) is 23.2 Å². The first-order valence-electron chi connectivity index (χ1n) is 3.66. The summed E-state index contributed by atoms with van der Waals surface area (Å²) >= 11 is 11.2. The first-order valence-corrected chi connectivity index (χ1v) is 4.42. The Labute approximate surface area is 85.6 Å². The molecule has 0 unspecified atom stereocenters. The lowest BCUT2D eigenvalue weighted by Gasteiger charge is -2.10. The molecule has 72 valence electrons. The Balaban J connectivity index is 3.13. The lowest BCUT2D eigenvalue weighted by atomic mass is 10.1. The van der Waals surface area contributed by atoms with Gasteiger partial charge in [-0.25, -0.2) is 4.39 Å². The van der Waals surface area contributed by atoms with Gasteiger partial charge in [-0.05, 0) is 17.7 Å². The number of rotatable bonds is 2. The molecule has 0 radical (unpaired) electrons. The molecule has 1 rings (SSSR count). The molecule has 1 aromatic carbocycles. The van der Waals surface area contributed by atoms with Crippen LogP contribution in [0.1, 0.15) is 11.6 Å². The van der Waals surface area contributed by atoms with Crippen LogP contribution in [0.5, 0.6) is 0 Å². The lowest BCUT2D eigenvalue weighted by Crippen LogP contribution is -2.20. The number of hydrogen-bond acceptors (Lipinski definition) is 2. The van der Waals surface area contributed by atoms with Gasteiger partial charge in [0.15, 0.2) is 0 Å². The molecule has 0 aromatic heterocycles. The SMILES string of the molecule is NC[C@H](N)c1cc(F)c(Cl)c(Cl)c1. The molecular weight excluding hydrogens is 214 g/mol. The zero-order chi connectivity index (χ0) is 10.0. The average Bonchev–Trinajstić information content (AvgIpc) is 2.12. The smallest absolute Gasteiger partial charge is 0.143 e. The first kappa shape index (κ1) is 10.7. The van der Waals surface area contributed by atoms with Gasteiger partial charge in [0.05, 0.1) is 10.0 Å². The molecule has 1 atom stereocenters. The maximum absolute atomic E-state index is 13.0. The summed E-state index contributed by atoms with van der Waals surface area (Å²) in [6, 6.07) is 2.35. The van der Waals surface area contributed by atoms with E-state index in [1.165, 1.54) is 12.1 Å². The van der Waals surface area contributed by atoms with Crippen LogP contribution in [0.25, 0.3) is 0 Å². The minimum absolute atomic E-state index is 0.0883. The van der Waals surface area contributed by atoms with Crippen LogP contribution in [-0.2, 0) is 0 Å². The molecule has 4 N–H and O–H groups in total. The average molecular weight is 223 g/mol. The fourth-order valence-corrected chi connectivity index (χ4v) is 1.25. The number of halogens is 3. The predicted octanol–water partition coefficient (Wildman–Crippen LogP) is 2.09. The van der Waals surface area contributed by atoms with Gasteiger partial charge in [0.25, 0.3) is 0 Å². The van der Waals surface area contributed by atoms with E-state index in [-0.39, 0.29) is 16.6 Å². The Morgan fingerprint density at radius 2 is 2.00 bits per heavy atom. The van der Waals surface area contributed by atoms with Crippen molar-refractivity contribution in [1.29, 1.82) is 0 Å². The topological polar surface area (TPSA) is 52.0 Å². The van der Waals surface area contributed by atoms with Crippen LogP contribution in [0.15, 0.2) is 12.1 Å². The maximum atomic E-state index is 13.0. The highest BCUT2D eigenvalue weighted by Crippen LogP contribution is 2.27. The van der Waals surface area contributed by atoms with Crippen LogP contribution >= 0.6 is 23.2 Å². The van der Waals surface area contributed by atoms with E-state index >= 15 is 0 Å². The zero-order valence-electron chi connectivity index (χ0n) is 6.73. The third-order valence-corrected chi connectivity index (χ3v) is 2.47. The summed E-state index contributed by atoms with van der Waals surface area (Å²) in [7, 11) is 0. The van der Waals surface area contributed by atoms with Gasteiger partial charge in [0.1, 0.15) is 5.82 Å². The minimum Gasteiger partial charge on any atom is -0.329 e. The van der Waals surface area contributed by atoms with Crippen LogP contribution in [0, 0.1) is 5.82 Å². The van der Waals surface area contributed by atoms with Crippen molar-refractivity contribution in [2.45, 2.75) is 6.04 Å². The second-order valence-electron chi connectivity index (χ2n) is 2.64. The summed E-state index contributed by atoms with van der Waals surface area (Å²) in [6.07, 6.45) is 0. The Kier molecular flexibility index (Phi) is 3.50. The highest BCUT2D eigenvalue weighted by atomic mass is 35.5. The highest BCUT2D eigenvalue weighted by Gasteiger charge is 2.10. The van der Waals surface area contributed by atoms with Crippen LogP contribution in [-0.4, -0.2) is 6.54 Å². The molecule has 0 saturated heterocycles. The van der Waals surface area contributed by atoms with Gasteiger partial charge >= 0.3 is 0 Å². The van der Waals surface area contributed by atoms with Crippen molar-refractivity contribution in [2.75, 3.05) is 6.54 Å². The van der Waals surface area contributed by atoms with Crippen molar-refractivity contribution in [2.24, 2.45) is 11.5 Å². The fourth-order valence-electron chi connectivity index (χ4n) is 0.925. The number of nitrogens with two attached hydrogens (primary N) is 2. The van der Waals surface area contributed by atoms with Crippen LogP contribution in [0.2, 0.25) is 10.0 Å². The number of benzene rings is 1. The minimum atomic E-state index is -0.576. The van der Waals surface area contributed by atoms with Gasteiger partial charge in [0.2, 0.25) is 0 Å². The van der Waals surface area contributed by atoms with E-state index < -0.39 is 11.9 Å². The van der Waals surface area contributed by atoms with Crippen LogP contribution in [0.4, 0.5) is 4.39 Å². The summed E-state index contributed by atoms with van der Waals surface area (Å²) in [4.78, 5) is 0. The molecule has 0 spiro atoms. The molecule has 0 heterocycles. The molecule has 0 fully saturated rings. The lowest BCUT2D eigenvalue weighted by molar-refractivity contribution is 0.620. The monoisotopic (exact) mass is 222 g/mol. The highest BCUT2D eigenvalue weighted by molar-refractivity contribution is 6.42. The molecular formula is C8H9Cl2FN2. The molecule has 0 amide bonds. The third kappa shape index (κ3) is 2.31. The third-order valence-electron chi connectivity index (χ3n) is 1.69. The van der Waals surface area contributed by atoms with Gasteiger partial charge in [-0.3, -0.25) is 0 Å². The van der Waals surface area contributed by atoms with Crippen molar-refractivity contribution in [3.05, 3.63) is 33.6 Å². The summed E-state index contributed by atoms with van der Waals surface area (Å²) in [6.45, 7) is 0.234. The predicted molar refractivity (Wildman–Crippen MR) is 52.4 cm³/mol. The van der Waals surface area contributed by atoms with Crippen molar-refractivity contribution >= 4 is 23.2 Å². The molecule has 0 aliphatic carbocycles. The van der Waals surface area contributed by atoms with E-state index in [1.807, 2.05) is 0 Å². The second-order valence-corrected chi connectivity index (χ2v) is 3.43. The quantitative estimate of drug-likeness (QED) is 0.754. The van der Waals surface area contributed by atoms with Gasteiger partial charge in [-0.15, -0.1) is 0 Å². The van der Waals surface area contributed by atoms with Crippen molar-refractivity contribution in [3.63, 3.8) is 0 Å². The summed E-state index contributed by atoms with van der Waals surface area (Å²) in [5.74, 6) is -0.576. The van der Waals surface area contributed by atoms with Gasteiger partial charge in [-0.2, -0.15) is 0 Å². The Morgan fingerprint density at radius 1 is 1.38 bits per heavy atom. The second kappa shape index (κ2) is 4.24. The molecule has 1 aromatic rings. The maximum Gasteiger partial charge on any atom is 0.143 e. The van der Waals surface area contributed by atoms with Crippen molar-refractivity contribution in [3.8, 4) is 0 Å². The summed E-state index contributed by atoms with van der Waals surface area (Å²) < 4.78 is 13.0. The van der Waals surface area contributed by atoms with E-state index in [0.717, 1.165) is 0 Å². The van der Waals surface area contributed by atoms with E-state index in [9.17, 15) is 4.39 Å². The van der Waals surface area contributed by atoms with E-state index in [1.54, 1.807) is 0 Å². The molecule has 0 aliphatic heterocycles. The Morgan fingerprint density at radius 3 is 2.46 bits per heavy atom. The van der Waals surface area contributed by atoms with E-state index in [4.69, 9.17) is 34.7 Å². The molecule has 13 heavy (non-hydrogen) atoms. The molecule has 0 bridgehead atoms. The van der Waals surface area contributed by atoms with E-state index in [2.05, 4.69) is 0 Å². The Hall–Kier alpha value is -0.350.